The van der Waals surface area contributed by atoms with Gasteiger partial charge in [-0.2, -0.15) is 0 Å². The Morgan fingerprint density at radius 1 is 1.29 bits per heavy atom. The molecule has 7 heteroatoms. The monoisotopic (exact) mass is 291 g/mol. The normalized spacial score (nSPS) is 11.9. The van der Waals surface area contributed by atoms with E-state index in [2.05, 4.69) is 0 Å². The number of pyridine rings is 1. The molecule has 0 aliphatic carbocycles. The lowest BCUT2D eigenvalue weighted by Crippen LogP contribution is -2.15. The zero-order valence-electron chi connectivity index (χ0n) is 8.65. The summed E-state index contributed by atoms with van der Waals surface area (Å²) >= 11 is 5.78. The molecule has 0 radical (unpaired) electrons. The summed E-state index contributed by atoms with van der Waals surface area (Å²) in [6.45, 7) is 0. The molecular formula is C10H7Cl2NO3S. The third-order valence-electron chi connectivity index (χ3n) is 2.38. The Hall–Kier alpha value is -1.04. The maximum atomic E-state index is 11.9. The first-order valence-electron chi connectivity index (χ1n) is 4.54. The number of aryl methyl sites for hydroxylation is 1. The van der Waals surface area contributed by atoms with E-state index in [9.17, 15) is 13.2 Å². The van der Waals surface area contributed by atoms with Crippen LogP contribution < -0.4 is 5.43 Å². The second-order valence-electron chi connectivity index (χ2n) is 3.53. The summed E-state index contributed by atoms with van der Waals surface area (Å²) in [6.07, 6.45) is 1.20. The first-order valence-corrected chi connectivity index (χ1v) is 7.23. The molecule has 4 nitrogen and oxygen atoms in total. The molecule has 0 fully saturated rings. The van der Waals surface area contributed by atoms with E-state index in [0.29, 0.717) is 10.5 Å². The molecule has 0 aliphatic rings. The van der Waals surface area contributed by atoms with Crippen LogP contribution in [0.4, 0.5) is 0 Å². The van der Waals surface area contributed by atoms with Gasteiger partial charge in [0, 0.05) is 34.3 Å². The van der Waals surface area contributed by atoms with Crippen LogP contribution in [0.25, 0.3) is 10.9 Å². The van der Waals surface area contributed by atoms with Crippen LogP contribution in [-0.2, 0) is 16.1 Å². The number of fused-ring (bicyclic) bond motifs is 1. The van der Waals surface area contributed by atoms with Gasteiger partial charge in [-0.3, -0.25) is 4.79 Å². The van der Waals surface area contributed by atoms with E-state index in [1.54, 1.807) is 19.2 Å². The van der Waals surface area contributed by atoms with Crippen molar-refractivity contribution in [1.82, 2.24) is 4.57 Å². The molecule has 0 aliphatic heterocycles. The summed E-state index contributed by atoms with van der Waals surface area (Å²) in [5.74, 6) is 0. The highest BCUT2D eigenvalue weighted by molar-refractivity contribution is 8.13. The SMILES string of the molecule is Cn1cc(S(=O)(=O)Cl)c(=O)c2cc(Cl)ccc21. The van der Waals surface area contributed by atoms with Crippen molar-refractivity contribution < 1.29 is 8.42 Å². The average Bonchev–Trinajstić information content (AvgIpc) is 2.21. The van der Waals surface area contributed by atoms with Crippen molar-refractivity contribution in [2.45, 2.75) is 4.90 Å². The number of halogens is 2. The molecule has 0 unspecified atom stereocenters. The first kappa shape index (κ1) is 12.4. The fraction of sp³-hybridized carbons (Fsp3) is 0.100. The first-order chi connectivity index (χ1) is 7.80. The Labute approximate surface area is 107 Å². The predicted molar refractivity (Wildman–Crippen MR) is 67.2 cm³/mol. The van der Waals surface area contributed by atoms with E-state index in [1.165, 1.54) is 16.8 Å². The van der Waals surface area contributed by atoms with Gasteiger partial charge in [0.25, 0.3) is 9.05 Å². The van der Waals surface area contributed by atoms with Crippen molar-refractivity contribution in [2.24, 2.45) is 7.05 Å². The zero-order chi connectivity index (χ0) is 12.8. The maximum Gasteiger partial charge on any atom is 0.266 e. The molecule has 1 aromatic carbocycles. The largest absolute Gasteiger partial charge is 0.349 e. The van der Waals surface area contributed by atoms with Crippen molar-refractivity contribution in [2.75, 3.05) is 0 Å². The topological polar surface area (TPSA) is 56.1 Å². The lowest BCUT2D eigenvalue weighted by atomic mass is 10.2. The maximum absolute atomic E-state index is 11.9. The van der Waals surface area contributed by atoms with Gasteiger partial charge in [0.1, 0.15) is 4.90 Å². The minimum Gasteiger partial charge on any atom is -0.349 e. The smallest absolute Gasteiger partial charge is 0.266 e. The van der Waals surface area contributed by atoms with E-state index in [4.69, 9.17) is 22.3 Å². The Morgan fingerprint density at radius 3 is 2.53 bits per heavy atom. The number of hydrogen-bond acceptors (Lipinski definition) is 3. The van der Waals surface area contributed by atoms with E-state index < -0.39 is 19.4 Å². The molecule has 2 aromatic rings. The minimum absolute atomic E-state index is 0.224. The molecule has 90 valence electrons. The van der Waals surface area contributed by atoms with E-state index in [-0.39, 0.29) is 5.39 Å². The average molecular weight is 292 g/mol. The lowest BCUT2D eigenvalue weighted by molar-refractivity contribution is 0.608. The van der Waals surface area contributed by atoms with Gasteiger partial charge in [-0.25, -0.2) is 8.42 Å². The lowest BCUT2D eigenvalue weighted by Gasteiger charge is -2.07. The zero-order valence-corrected chi connectivity index (χ0v) is 11.0. The Kier molecular flexibility index (Phi) is 2.93. The summed E-state index contributed by atoms with van der Waals surface area (Å²) in [6, 6.07) is 4.69. The highest BCUT2D eigenvalue weighted by Gasteiger charge is 2.18. The van der Waals surface area contributed by atoms with Crippen LogP contribution in [0.5, 0.6) is 0 Å². The van der Waals surface area contributed by atoms with Crippen molar-refractivity contribution in [3.8, 4) is 0 Å². The number of aromatic nitrogens is 1. The Bertz CT molecular complexity index is 765. The molecule has 0 amide bonds. The van der Waals surface area contributed by atoms with Gasteiger partial charge >= 0.3 is 0 Å². The molecule has 1 aromatic heterocycles. The second kappa shape index (κ2) is 4.01. The summed E-state index contributed by atoms with van der Waals surface area (Å²) in [5.41, 5.74) is -0.0564. The van der Waals surface area contributed by atoms with Gasteiger partial charge in [0.2, 0.25) is 5.43 Å². The van der Waals surface area contributed by atoms with Gasteiger partial charge in [-0.15, -0.1) is 0 Å². The molecule has 0 N–H and O–H groups in total. The summed E-state index contributed by atoms with van der Waals surface area (Å²) in [7, 11) is 2.76. The summed E-state index contributed by atoms with van der Waals surface area (Å²) in [4.78, 5) is 11.5. The third-order valence-corrected chi connectivity index (χ3v) is 3.93. The molecule has 0 saturated heterocycles. The molecular weight excluding hydrogens is 285 g/mol. The molecule has 0 spiro atoms. The van der Waals surface area contributed by atoms with Crippen molar-refractivity contribution in [3.05, 3.63) is 39.6 Å². The van der Waals surface area contributed by atoms with E-state index >= 15 is 0 Å². The number of nitrogens with zero attached hydrogens (tertiary/aromatic N) is 1. The fourth-order valence-electron chi connectivity index (χ4n) is 1.61. The number of hydrogen-bond donors (Lipinski definition) is 0. The van der Waals surface area contributed by atoms with Gasteiger partial charge < -0.3 is 4.57 Å². The molecule has 0 saturated carbocycles. The molecule has 2 rings (SSSR count). The quantitative estimate of drug-likeness (QED) is 0.756. The third kappa shape index (κ3) is 2.18. The molecule has 0 atom stereocenters. The van der Waals surface area contributed by atoms with E-state index in [1.807, 2.05) is 0 Å². The standard InChI is InChI=1S/C10H7Cl2NO3S/c1-13-5-9(17(12,15)16)10(14)7-4-6(11)2-3-8(7)13/h2-5H,1H3. The minimum atomic E-state index is -4.06. The Morgan fingerprint density at radius 2 is 1.94 bits per heavy atom. The molecule has 17 heavy (non-hydrogen) atoms. The highest BCUT2D eigenvalue weighted by Crippen LogP contribution is 2.19. The fourth-order valence-corrected chi connectivity index (χ4v) is 2.73. The molecule has 1 heterocycles. The van der Waals surface area contributed by atoms with Crippen LogP contribution in [0.15, 0.2) is 34.1 Å². The molecule has 0 bridgehead atoms. The van der Waals surface area contributed by atoms with Gasteiger partial charge in [0.05, 0.1) is 5.52 Å². The van der Waals surface area contributed by atoms with Crippen molar-refractivity contribution in [3.63, 3.8) is 0 Å². The van der Waals surface area contributed by atoms with Crippen molar-refractivity contribution in [1.29, 1.82) is 0 Å². The second-order valence-corrected chi connectivity index (χ2v) is 6.50. The predicted octanol–water partition coefficient (Wildman–Crippen LogP) is 2.12. The Balaban J connectivity index is 3.04. The van der Waals surface area contributed by atoms with Crippen LogP contribution >= 0.6 is 22.3 Å². The van der Waals surface area contributed by atoms with Crippen molar-refractivity contribution >= 4 is 42.2 Å². The summed E-state index contributed by atoms with van der Waals surface area (Å²) in [5, 5.41) is 0.584. The highest BCUT2D eigenvalue weighted by atomic mass is 35.7. The van der Waals surface area contributed by atoms with Crippen LogP contribution in [-0.4, -0.2) is 13.0 Å². The van der Waals surface area contributed by atoms with Crippen LogP contribution in [0.3, 0.4) is 0 Å². The van der Waals surface area contributed by atoms with Gasteiger partial charge in [0.15, 0.2) is 0 Å². The van der Waals surface area contributed by atoms with Gasteiger partial charge in [-0.1, -0.05) is 11.6 Å². The summed E-state index contributed by atoms with van der Waals surface area (Å²) < 4.78 is 24.0. The van der Waals surface area contributed by atoms with Crippen LogP contribution in [0.2, 0.25) is 5.02 Å². The van der Waals surface area contributed by atoms with Crippen LogP contribution in [0.1, 0.15) is 0 Å². The van der Waals surface area contributed by atoms with Gasteiger partial charge in [-0.05, 0) is 18.2 Å². The number of rotatable bonds is 1. The number of benzene rings is 1. The van der Waals surface area contributed by atoms with E-state index in [0.717, 1.165) is 0 Å². The van der Waals surface area contributed by atoms with Crippen LogP contribution in [0, 0.1) is 0 Å².